The van der Waals surface area contributed by atoms with E-state index in [9.17, 15) is 9.59 Å². The maximum absolute atomic E-state index is 11.9. The van der Waals surface area contributed by atoms with Crippen LogP contribution in [-0.4, -0.2) is 59.3 Å². The number of hydrogen-bond donors (Lipinski definition) is 3. The molecule has 0 aliphatic carbocycles. The molecule has 3 N–H and O–H groups in total. The fraction of sp³-hybridized carbons (Fsp3) is 0.577. The molecule has 0 bridgehead atoms. The number of fused-ring (bicyclic) bond motifs is 1. The predicted octanol–water partition coefficient (Wildman–Crippen LogP) is 5.18. The molecular formula is C26H39ClN4O4. The number of carbonyl (C=O) groups is 2. The molecule has 194 valence electrons. The smallest absolute Gasteiger partial charge is 0.305 e. The van der Waals surface area contributed by atoms with Crippen LogP contribution in [0.2, 0.25) is 5.02 Å². The number of nitrogens with one attached hydrogen (secondary N) is 2. The highest BCUT2D eigenvalue weighted by Crippen LogP contribution is 2.25. The van der Waals surface area contributed by atoms with Crippen molar-refractivity contribution in [1.29, 1.82) is 0 Å². The van der Waals surface area contributed by atoms with Gasteiger partial charge in [0.15, 0.2) is 0 Å². The van der Waals surface area contributed by atoms with Gasteiger partial charge in [0.1, 0.15) is 6.61 Å². The largest absolute Gasteiger partial charge is 0.464 e. The van der Waals surface area contributed by atoms with Crippen molar-refractivity contribution in [3.63, 3.8) is 0 Å². The number of rotatable bonds is 17. The Morgan fingerprint density at radius 2 is 1.89 bits per heavy atom. The van der Waals surface area contributed by atoms with E-state index in [0.717, 1.165) is 68.3 Å². The number of pyridine rings is 1. The van der Waals surface area contributed by atoms with Gasteiger partial charge in [0.05, 0.1) is 5.52 Å². The number of hydroxylamine groups is 1. The second kappa shape index (κ2) is 16.3. The van der Waals surface area contributed by atoms with E-state index in [2.05, 4.69) is 29.0 Å². The average molecular weight is 507 g/mol. The predicted molar refractivity (Wildman–Crippen MR) is 140 cm³/mol. The number of halogens is 1. The van der Waals surface area contributed by atoms with Gasteiger partial charge in [0.2, 0.25) is 5.91 Å². The molecular weight excluding hydrogens is 468 g/mol. The molecule has 2 rings (SSSR count). The second-order valence-corrected chi connectivity index (χ2v) is 9.25. The Hall–Kier alpha value is -2.42. The second-order valence-electron chi connectivity index (χ2n) is 8.81. The third-order valence-electron chi connectivity index (χ3n) is 6.00. The fourth-order valence-corrected chi connectivity index (χ4v) is 4.13. The van der Waals surface area contributed by atoms with Crippen molar-refractivity contribution in [2.24, 2.45) is 0 Å². The number of carbonyl (C=O) groups excluding carboxylic acids is 2. The maximum atomic E-state index is 11.9. The number of amides is 1. The summed E-state index contributed by atoms with van der Waals surface area (Å²) in [6.45, 7) is 7.31. The molecule has 0 aliphatic heterocycles. The lowest BCUT2D eigenvalue weighted by atomic mass is 10.1. The molecule has 0 fully saturated rings. The van der Waals surface area contributed by atoms with Gasteiger partial charge in [0.25, 0.3) is 0 Å². The highest BCUT2D eigenvalue weighted by molar-refractivity contribution is 6.31. The van der Waals surface area contributed by atoms with Crippen molar-refractivity contribution in [2.45, 2.75) is 71.3 Å². The lowest BCUT2D eigenvalue weighted by Gasteiger charge is -2.22. The van der Waals surface area contributed by atoms with E-state index in [-0.39, 0.29) is 11.9 Å². The summed E-state index contributed by atoms with van der Waals surface area (Å²) in [4.78, 5) is 29.6. The van der Waals surface area contributed by atoms with E-state index in [1.807, 2.05) is 24.3 Å². The lowest BCUT2D eigenvalue weighted by molar-refractivity contribution is -0.144. The van der Waals surface area contributed by atoms with Gasteiger partial charge in [-0.1, -0.05) is 31.4 Å². The molecule has 0 aliphatic rings. The molecule has 1 atom stereocenters. The molecule has 1 heterocycles. The van der Waals surface area contributed by atoms with Gasteiger partial charge in [-0.3, -0.25) is 19.8 Å². The van der Waals surface area contributed by atoms with Gasteiger partial charge in [-0.15, -0.1) is 0 Å². The third kappa shape index (κ3) is 11.2. The number of anilines is 1. The molecule has 1 unspecified atom stereocenters. The zero-order valence-corrected chi connectivity index (χ0v) is 21.6. The molecule has 9 heteroatoms. The Kier molecular flexibility index (Phi) is 13.4. The van der Waals surface area contributed by atoms with E-state index in [1.165, 1.54) is 0 Å². The Balaban J connectivity index is 1.59. The minimum absolute atomic E-state index is 0.169. The van der Waals surface area contributed by atoms with Crippen LogP contribution in [0.4, 0.5) is 5.69 Å². The van der Waals surface area contributed by atoms with E-state index >= 15 is 0 Å². The van der Waals surface area contributed by atoms with Crippen LogP contribution in [0.1, 0.15) is 65.2 Å². The van der Waals surface area contributed by atoms with Crippen LogP contribution in [0.25, 0.3) is 10.9 Å². The molecule has 0 radical (unpaired) electrons. The van der Waals surface area contributed by atoms with Crippen molar-refractivity contribution in [3.05, 3.63) is 35.5 Å². The number of nitrogens with zero attached hydrogens (tertiary/aromatic N) is 2. The molecule has 2 aromatic rings. The number of unbranched alkanes of at least 4 members (excludes halogenated alkanes) is 3. The maximum Gasteiger partial charge on any atom is 0.305 e. The summed E-state index contributed by atoms with van der Waals surface area (Å²) < 4.78 is 5.39. The van der Waals surface area contributed by atoms with E-state index in [0.29, 0.717) is 36.9 Å². The van der Waals surface area contributed by atoms with Crippen molar-refractivity contribution in [1.82, 2.24) is 15.4 Å². The van der Waals surface area contributed by atoms with Crippen LogP contribution < -0.4 is 10.8 Å². The van der Waals surface area contributed by atoms with Gasteiger partial charge >= 0.3 is 5.97 Å². The molecule has 0 spiro atoms. The van der Waals surface area contributed by atoms with Gasteiger partial charge in [-0.2, -0.15) is 0 Å². The van der Waals surface area contributed by atoms with Crippen LogP contribution >= 0.6 is 11.6 Å². The Morgan fingerprint density at radius 1 is 1.11 bits per heavy atom. The average Bonchev–Trinajstić information content (AvgIpc) is 2.84. The first-order chi connectivity index (χ1) is 16.9. The van der Waals surface area contributed by atoms with Crippen LogP contribution in [0.3, 0.4) is 0 Å². The van der Waals surface area contributed by atoms with Gasteiger partial charge in [-0.25, -0.2) is 5.48 Å². The molecule has 1 aromatic carbocycles. The van der Waals surface area contributed by atoms with Crippen LogP contribution in [0.5, 0.6) is 0 Å². The third-order valence-corrected chi connectivity index (χ3v) is 6.23. The molecule has 0 saturated carbocycles. The Bertz CT molecular complexity index is 927. The Morgan fingerprint density at radius 3 is 2.63 bits per heavy atom. The van der Waals surface area contributed by atoms with E-state index in [4.69, 9.17) is 21.5 Å². The first-order valence-corrected chi connectivity index (χ1v) is 12.9. The number of aromatic nitrogens is 1. The summed E-state index contributed by atoms with van der Waals surface area (Å²) in [6.07, 6.45) is 7.74. The standard InChI is InChI=1S/C26H39ClN4O4/c1-3-31(17-18-35-26(33)11-7-5-4-6-10-25(32)30-34)16-8-9-20(2)29-23-14-15-28-24-19-21(27)12-13-22(23)24/h12-15,19-20,34H,3-11,16-18H2,1-2H3,(H,28,29)(H,30,32). The lowest BCUT2D eigenvalue weighted by Crippen LogP contribution is -2.30. The monoisotopic (exact) mass is 506 g/mol. The summed E-state index contributed by atoms with van der Waals surface area (Å²) in [5, 5.41) is 13.8. The van der Waals surface area contributed by atoms with Crippen LogP contribution in [0.15, 0.2) is 30.5 Å². The molecule has 35 heavy (non-hydrogen) atoms. The first-order valence-electron chi connectivity index (χ1n) is 12.5. The van der Waals surface area contributed by atoms with Crippen molar-refractivity contribution in [2.75, 3.05) is 31.6 Å². The Labute approximate surface area is 213 Å². The number of ether oxygens (including phenoxy) is 1. The topological polar surface area (TPSA) is 104 Å². The van der Waals surface area contributed by atoms with E-state index < -0.39 is 0 Å². The fourth-order valence-electron chi connectivity index (χ4n) is 3.96. The first kappa shape index (κ1) is 28.8. The number of hydrogen-bond acceptors (Lipinski definition) is 7. The van der Waals surface area contributed by atoms with Crippen LogP contribution in [0, 0.1) is 0 Å². The summed E-state index contributed by atoms with van der Waals surface area (Å²) in [7, 11) is 0. The summed E-state index contributed by atoms with van der Waals surface area (Å²) >= 11 is 6.08. The molecule has 1 aromatic heterocycles. The molecule has 8 nitrogen and oxygen atoms in total. The summed E-state index contributed by atoms with van der Waals surface area (Å²) in [6, 6.07) is 8.07. The zero-order valence-electron chi connectivity index (χ0n) is 20.9. The van der Waals surface area contributed by atoms with Crippen molar-refractivity contribution >= 4 is 40.1 Å². The van der Waals surface area contributed by atoms with Crippen molar-refractivity contribution < 1.29 is 19.5 Å². The van der Waals surface area contributed by atoms with Crippen LogP contribution in [-0.2, 0) is 14.3 Å². The highest BCUT2D eigenvalue weighted by Gasteiger charge is 2.10. The van der Waals surface area contributed by atoms with Gasteiger partial charge in [-0.05, 0) is 70.0 Å². The normalized spacial score (nSPS) is 12.0. The highest BCUT2D eigenvalue weighted by atomic mass is 35.5. The zero-order chi connectivity index (χ0) is 25.5. The van der Waals surface area contributed by atoms with Crippen molar-refractivity contribution in [3.8, 4) is 0 Å². The molecule has 1 amide bonds. The number of likely N-dealkylation sites (N-methyl/N-ethyl adjacent to an activating group) is 1. The number of esters is 1. The minimum Gasteiger partial charge on any atom is -0.464 e. The number of benzene rings is 1. The van der Waals surface area contributed by atoms with Gasteiger partial charge < -0.3 is 15.0 Å². The SMILES string of the molecule is CCN(CCCC(C)Nc1ccnc2cc(Cl)ccc12)CCOC(=O)CCCCCCC(=O)NO. The summed E-state index contributed by atoms with van der Waals surface area (Å²) in [5.41, 5.74) is 3.57. The quantitative estimate of drug-likeness (QED) is 0.117. The minimum atomic E-state index is -0.372. The van der Waals surface area contributed by atoms with E-state index in [1.54, 1.807) is 11.7 Å². The molecule has 0 saturated heterocycles. The summed E-state index contributed by atoms with van der Waals surface area (Å²) in [5.74, 6) is -0.540. The van der Waals surface area contributed by atoms with Gasteiger partial charge in [0, 0.05) is 47.7 Å².